The van der Waals surface area contributed by atoms with Crippen LogP contribution in [0.5, 0.6) is 0 Å². The van der Waals surface area contributed by atoms with E-state index in [4.69, 9.17) is 11.6 Å². The van der Waals surface area contributed by atoms with E-state index in [1.807, 2.05) is 30.3 Å². The molecule has 1 saturated heterocycles. The van der Waals surface area contributed by atoms with E-state index in [9.17, 15) is 14.4 Å². The monoisotopic (exact) mass is 428 g/mol. The Kier molecular flexibility index (Phi) is 7.30. The Balaban J connectivity index is 1.42. The van der Waals surface area contributed by atoms with Crippen molar-refractivity contribution in [3.05, 3.63) is 65.2 Å². The number of hydrogen-bond acceptors (Lipinski definition) is 3. The van der Waals surface area contributed by atoms with Gasteiger partial charge >= 0.3 is 6.03 Å². The number of hydrogen-bond donors (Lipinski definition) is 3. The third kappa shape index (κ3) is 5.97. The number of benzene rings is 2. The summed E-state index contributed by atoms with van der Waals surface area (Å²) >= 11 is 5.83. The van der Waals surface area contributed by atoms with Crippen LogP contribution in [0.1, 0.15) is 30.1 Å². The smallest absolute Gasteiger partial charge is 0.321 e. The van der Waals surface area contributed by atoms with Crippen molar-refractivity contribution >= 4 is 35.1 Å². The minimum absolute atomic E-state index is 0.0341. The van der Waals surface area contributed by atoms with Gasteiger partial charge in [0.25, 0.3) is 5.91 Å². The number of nitrogens with one attached hydrogen (secondary N) is 3. The lowest BCUT2D eigenvalue weighted by Crippen LogP contribution is -2.52. The Morgan fingerprint density at radius 1 is 1.00 bits per heavy atom. The second-order valence-corrected chi connectivity index (χ2v) is 7.70. The first-order chi connectivity index (χ1) is 14.4. The van der Waals surface area contributed by atoms with Gasteiger partial charge in [0, 0.05) is 35.4 Å². The van der Waals surface area contributed by atoms with E-state index >= 15 is 0 Å². The molecular formula is C22H25ClN4O3. The Morgan fingerprint density at radius 2 is 1.63 bits per heavy atom. The fourth-order valence-corrected chi connectivity index (χ4v) is 3.35. The van der Waals surface area contributed by atoms with Gasteiger partial charge in [0.1, 0.15) is 6.04 Å². The molecule has 1 aliphatic heterocycles. The normalized spacial score (nSPS) is 15.2. The van der Waals surface area contributed by atoms with Crippen molar-refractivity contribution in [2.45, 2.75) is 31.8 Å². The second kappa shape index (κ2) is 10.1. The fraction of sp³-hybridized carbons (Fsp3) is 0.318. The van der Waals surface area contributed by atoms with Gasteiger partial charge in [0.05, 0.1) is 0 Å². The number of piperidine rings is 1. The zero-order chi connectivity index (χ0) is 21.5. The Bertz CT molecular complexity index is 881. The highest BCUT2D eigenvalue weighted by Crippen LogP contribution is 2.14. The maximum Gasteiger partial charge on any atom is 0.321 e. The summed E-state index contributed by atoms with van der Waals surface area (Å²) < 4.78 is 0. The molecule has 0 aromatic heterocycles. The maximum atomic E-state index is 12.4. The summed E-state index contributed by atoms with van der Waals surface area (Å²) in [4.78, 5) is 38.8. The van der Waals surface area contributed by atoms with Crippen LogP contribution >= 0.6 is 11.6 Å². The maximum absolute atomic E-state index is 12.4. The molecule has 3 rings (SSSR count). The van der Waals surface area contributed by atoms with E-state index < -0.39 is 6.04 Å². The number of likely N-dealkylation sites (tertiary alicyclic amines) is 1. The topological polar surface area (TPSA) is 90.5 Å². The van der Waals surface area contributed by atoms with Gasteiger partial charge < -0.3 is 20.9 Å². The lowest BCUT2D eigenvalue weighted by molar-refractivity contribution is -0.123. The van der Waals surface area contributed by atoms with Gasteiger partial charge in [-0.2, -0.15) is 0 Å². The van der Waals surface area contributed by atoms with Gasteiger partial charge in [-0.25, -0.2) is 4.79 Å². The van der Waals surface area contributed by atoms with Crippen molar-refractivity contribution in [3.63, 3.8) is 0 Å². The summed E-state index contributed by atoms with van der Waals surface area (Å²) in [6.07, 6.45) is 1.32. The van der Waals surface area contributed by atoms with Crippen LogP contribution < -0.4 is 16.0 Å². The predicted octanol–water partition coefficient (Wildman–Crippen LogP) is 3.27. The summed E-state index contributed by atoms with van der Waals surface area (Å²) in [6, 6.07) is 14.9. The molecule has 1 heterocycles. The van der Waals surface area contributed by atoms with Crippen molar-refractivity contribution in [2.24, 2.45) is 0 Å². The minimum Gasteiger partial charge on any atom is -0.351 e. The van der Waals surface area contributed by atoms with Gasteiger partial charge in [-0.3, -0.25) is 9.59 Å². The molecule has 7 nitrogen and oxygen atoms in total. The average molecular weight is 429 g/mol. The van der Waals surface area contributed by atoms with Crippen LogP contribution in [0.3, 0.4) is 0 Å². The first-order valence-corrected chi connectivity index (χ1v) is 10.3. The molecule has 1 atom stereocenters. The number of carbonyl (C=O) groups is 3. The van der Waals surface area contributed by atoms with Crippen LogP contribution in [0.4, 0.5) is 10.5 Å². The van der Waals surface area contributed by atoms with E-state index in [-0.39, 0.29) is 23.9 Å². The molecule has 8 heteroatoms. The van der Waals surface area contributed by atoms with E-state index in [1.165, 1.54) is 0 Å². The summed E-state index contributed by atoms with van der Waals surface area (Å²) in [6.45, 7) is 2.75. The molecule has 4 amide bonds. The van der Waals surface area contributed by atoms with E-state index in [0.29, 0.717) is 36.5 Å². The lowest BCUT2D eigenvalue weighted by Gasteiger charge is -2.33. The molecular weight excluding hydrogens is 404 g/mol. The molecule has 2 aromatic rings. The Labute approximate surface area is 180 Å². The van der Waals surface area contributed by atoms with Crippen LogP contribution in [0.25, 0.3) is 0 Å². The van der Waals surface area contributed by atoms with Crippen molar-refractivity contribution in [1.29, 1.82) is 0 Å². The third-order valence-corrected chi connectivity index (χ3v) is 5.25. The van der Waals surface area contributed by atoms with Crippen LogP contribution in [0.2, 0.25) is 5.02 Å². The highest BCUT2D eigenvalue weighted by molar-refractivity contribution is 6.30. The summed E-state index contributed by atoms with van der Waals surface area (Å²) in [5.41, 5.74) is 1.19. The molecule has 0 radical (unpaired) electrons. The van der Waals surface area contributed by atoms with Gasteiger partial charge in [0.2, 0.25) is 5.91 Å². The van der Waals surface area contributed by atoms with Crippen molar-refractivity contribution in [1.82, 2.24) is 15.5 Å². The average Bonchev–Trinajstić information content (AvgIpc) is 2.75. The predicted molar refractivity (Wildman–Crippen MR) is 117 cm³/mol. The number of para-hydroxylation sites is 1. The van der Waals surface area contributed by atoms with Gasteiger partial charge in [-0.05, 0) is 56.2 Å². The molecule has 0 bridgehead atoms. The van der Waals surface area contributed by atoms with Crippen LogP contribution in [0.15, 0.2) is 54.6 Å². The lowest BCUT2D eigenvalue weighted by atomic mass is 10.0. The fourth-order valence-electron chi connectivity index (χ4n) is 3.22. The first kappa shape index (κ1) is 21.6. The largest absolute Gasteiger partial charge is 0.351 e. The molecule has 2 aromatic carbocycles. The summed E-state index contributed by atoms with van der Waals surface area (Å²) in [5, 5.41) is 9.06. The van der Waals surface area contributed by atoms with Crippen molar-refractivity contribution in [3.8, 4) is 0 Å². The second-order valence-electron chi connectivity index (χ2n) is 7.27. The number of anilines is 1. The molecule has 30 heavy (non-hydrogen) atoms. The Morgan fingerprint density at radius 3 is 2.27 bits per heavy atom. The standard InChI is InChI=1S/C22H25ClN4O3/c1-15(24-21(29)16-7-9-17(23)10-8-16)20(28)25-19-11-13-27(14-12-19)22(30)26-18-5-3-2-4-6-18/h2-10,15,19H,11-14H2,1H3,(H,24,29)(H,25,28)(H,26,30)/t15-/m1/s1. The van der Waals surface area contributed by atoms with Crippen molar-refractivity contribution < 1.29 is 14.4 Å². The van der Waals surface area contributed by atoms with Crippen molar-refractivity contribution in [2.75, 3.05) is 18.4 Å². The molecule has 1 aliphatic rings. The van der Waals surface area contributed by atoms with Gasteiger partial charge in [-0.1, -0.05) is 29.8 Å². The Hall–Kier alpha value is -3.06. The SMILES string of the molecule is C[C@@H](NC(=O)c1ccc(Cl)cc1)C(=O)NC1CCN(C(=O)Nc2ccccc2)CC1. The van der Waals surface area contributed by atoms with E-state index in [2.05, 4.69) is 16.0 Å². The number of halogens is 1. The molecule has 3 N–H and O–H groups in total. The third-order valence-electron chi connectivity index (χ3n) is 5.00. The minimum atomic E-state index is -0.674. The first-order valence-electron chi connectivity index (χ1n) is 9.90. The van der Waals surface area contributed by atoms with Crippen LogP contribution in [0, 0.1) is 0 Å². The molecule has 1 fully saturated rings. The zero-order valence-electron chi connectivity index (χ0n) is 16.7. The number of nitrogens with zero attached hydrogens (tertiary/aromatic N) is 1. The van der Waals surface area contributed by atoms with Crippen LogP contribution in [-0.2, 0) is 4.79 Å². The highest BCUT2D eigenvalue weighted by atomic mass is 35.5. The number of amides is 4. The molecule has 0 unspecified atom stereocenters. The number of rotatable bonds is 5. The van der Waals surface area contributed by atoms with Gasteiger partial charge in [0.15, 0.2) is 0 Å². The molecule has 0 saturated carbocycles. The zero-order valence-corrected chi connectivity index (χ0v) is 17.5. The highest BCUT2D eigenvalue weighted by Gasteiger charge is 2.26. The number of urea groups is 1. The van der Waals surface area contributed by atoms with E-state index in [0.717, 1.165) is 5.69 Å². The quantitative estimate of drug-likeness (QED) is 0.682. The summed E-state index contributed by atoms with van der Waals surface area (Å²) in [5.74, 6) is -0.578. The molecule has 0 spiro atoms. The number of carbonyl (C=O) groups excluding carboxylic acids is 3. The van der Waals surface area contributed by atoms with Crippen LogP contribution in [-0.4, -0.2) is 47.9 Å². The summed E-state index contributed by atoms with van der Waals surface area (Å²) in [7, 11) is 0. The molecule has 0 aliphatic carbocycles. The van der Waals surface area contributed by atoms with E-state index in [1.54, 1.807) is 36.1 Å². The van der Waals surface area contributed by atoms with Gasteiger partial charge in [-0.15, -0.1) is 0 Å². The molecule has 158 valence electrons.